The van der Waals surface area contributed by atoms with Gasteiger partial charge in [0.2, 0.25) is 0 Å². The number of methoxy groups -OCH3 is 1. The molecule has 1 saturated heterocycles. The second-order valence-corrected chi connectivity index (χ2v) is 4.84. The first-order valence-corrected chi connectivity index (χ1v) is 6.25. The molecule has 0 aromatic heterocycles. The first-order chi connectivity index (χ1) is 8.63. The smallest absolute Gasteiger partial charge is 0.165 e. The maximum atomic E-state index is 13.6. The summed E-state index contributed by atoms with van der Waals surface area (Å²) in [5.41, 5.74) is 0.00931. The summed E-state index contributed by atoms with van der Waals surface area (Å²) in [6.45, 7) is 1.26. The van der Waals surface area contributed by atoms with Crippen LogP contribution in [-0.2, 0) is 11.2 Å². The molecule has 1 atom stereocenters. The molecule has 0 saturated carbocycles. The summed E-state index contributed by atoms with van der Waals surface area (Å²) in [5, 5.41) is 10.5. The van der Waals surface area contributed by atoms with Gasteiger partial charge in [0.1, 0.15) is 0 Å². The Kier molecular flexibility index (Phi) is 4.19. The Hall–Kier alpha value is -1.13. The van der Waals surface area contributed by atoms with Gasteiger partial charge in [0.25, 0.3) is 0 Å². The molecule has 1 aliphatic heterocycles. The van der Waals surface area contributed by atoms with Gasteiger partial charge in [0, 0.05) is 19.6 Å². The van der Waals surface area contributed by atoms with Crippen molar-refractivity contribution < 1.29 is 19.0 Å². The molecule has 1 aliphatic rings. The summed E-state index contributed by atoms with van der Waals surface area (Å²) in [7, 11) is 1.44. The van der Waals surface area contributed by atoms with Gasteiger partial charge < -0.3 is 14.6 Å². The minimum absolute atomic E-state index is 0.231. The second kappa shape index (κ2) is 5.67. The topological polar surface area (TPSA) is 38.7 Å². The van der Waals surface area contributed by atoms with E-state index in [0.29, 0.717) is 32.5 Å². The molecule has 3 nitrogen and oxygen atoms in total. The molecule has 18 heavy (non-hydrogen) atoms. The Balaban J connectivity index is 2.10. The fraction of sp³-hybridized carbons (Fsp3) is 0.571. The fourth-order valence-electron chi connectivity index (χ4n) is 2.37. The zero-order valence-corrected chi connectivity index (χ0v) is 10.6. The molecule has 1 N–H and O–H groups in total. The molecule has 2 rings (SSSR count). The Morgan fingerprint density at radius 2 is 2.22 bits per heavy atom. The average Bonchev–Trinajstić information content (AvgIpc) is 2.54. The third kappa shape index (κ3) is 3.21. The van der Waals surface area contributed by atoms with Crippen molar-refractivity contribution >= 4 is 0 Å². The minimum atomic E-state index is -0.780. The summed E-state index contributed by atoms with van der Waals surface area (Å²) in [5.74, 6) is -0.154. The van der Waals surface area contributed by atoms with Crippen LogP contribution in [0.3, 0.4) is 0 Å². The van der Waals surface area contributed by atoms with Crippen molar-refractivity contribution in [2.45, 2.75) is 31.3 Å². The van der Waals surface area contributed by atoms with E-state index in [-0.39, 0.29) is 11.6 Å². The molecule has 0 spiro atoms. The molecule has 0 aliphatic carbocycles. The van der Waals surface area contributed by atoms with Crippen LogP contribution in [-0.4, -0.2) is 31.0 Å². The van der Waals surface area contributed by atoms with Crippen LogP contribution in [0, 0.1) is 5.82 Å². The third-order valence-electron chi connectivity index (χ3n) is 3.39. The summed E-state index contributed by atoms with van der Waals surface area (Å²) in [4.78, 5) is 0. The highest BCUT2D eigenvalue weighted by Crippen LogP contribution is 2.27. The van der Waals surface area contributed by atoms with Crippen LogP contribution < -0.4 is 4.74 Å². The zero-order chi connectivity index (χ0) is 13.0. The normalized spacial score (nSPS) is 24.6. The van der Waals surface area contributed by atoms with Gasteiger partial charge in [-0.25, -0.2) is 4.39 Å². The van der Waals surface area contributed by atoms with Gasteiger partial charge >= 0.3 is 0 Å². The van der Waals surface area contributed by atoms with E-state index in [1.54, 1.807) is 12.1 Å². The largest absolute Gasteiger partial charge is 0.494 e. The van der Waals surface area contributed by atoms with E-state index in [2.05, 4.69) is 0 Å². The van der Waals surface area contributed by atoms with Crippen LogP contribution in [0.4, 0.5) is 4.39 Å². The Morgan fingerprint density at radius 3 is 2.94 bits per heavy atom. The van der Waals surface area contributed by atoms with Crippen molar-refractivity contribution in [3.05, 3.63) is 29.6 Å². The molecule has 0 amide bonds. The van der Waals surface area contributed by atoms with E-state index in [4.69, 9.17) is 9.47 Å². The van der Waals surface area contributed by atoms with Gasteiger partial charge in [-0.05, 0) is 37.0 Å². The highest BCUT2D eigenvalue weighted by molar-refractivity contribution is 5.30. The van der Waals surface area contributed by atoms with Crippen LogP contribution in [0.2, 0.25) is 0 Å². The molecule has 1 aromatic carbocycles. The standard InChI is InChI=1S/C14H19FO3/c1-17-13-4-3-11(9-12(13)15)10-14(16)5-2-7-18-8-6-14/h3-4,9,16H,2,5-8,10H2,1H3. The maximum Gasteiger partial charge on any atom is 0.165 e. The number of ether oxygens (including phenoxy) is 2. The van der Waals surface area contributed by atoms with Crippen molar-refractivity contribution in [2.75, 3.05) is 20.3 Å². The highest BCUT2D eigenvalue weighted by atomic mass is 19.1. The minimum Gasteiger partial charge on any atom is -0.494 e. The lowest BCUT2D eigenvalue weighted by Crippen LogP contribution is -2.31. The lowest BCUT2D eigenvalue weighted by atomic mass is 9.88. The van der Waals surface area contributed by atoms with Crippen LogP contribution >= 0.6 is 0 Å². The van der Waals surface area contributed by atoms with Crippen molar-refractivity contribution in [1.29, 1.82) is 0 Å². The van der Waals surface area contributed by atoms with Crippen LogP contribution in [0.15, 0.2) is 18.2 Å². The second-order valence-electron chi connectivity index (χ2n) is 4.84. The van der Waals surface area contributed by atoms with E-state index in [1.165, 1.54) is 13.2 Å². The molecule has 1 aromatic rings. The van der Waals surface area contributed by atoms with Crippen molar-refractivity contribution in [2.24, 2.45) is 0 Å². The van der Waals surface area contributed by atoms with Gasteiger partial charge in [0.05, 0.1) is 12.7 Å². The highest BCUT2D eigenvalue weighted by Gasteiger charge is 2.28. The van der Waals surface area contributed by atoms with Crippen LogP contribution in [0.25, 0.3) is 0 Å². The molecule has 1 heterocycles. The van der Waals surface area contributed by atoms with Gasteiger partial charge in [-0.1, -0.05) is 6.07 Å². The van der Waals surface area contributed by atoms with Gasteiger partial charge in [-0.3, -0.25) is 0 Å². The fourth-order valence-corrected chi connectivity index (χ4v) is 2.37. The first-order valence-electron chi connectivity index (χ1n) is 6.25. The Morgan fingerprint density at radius 1 is 1.39 bits per heavy atom. The van der Waals surface area contributed by atoms with E-state index in [0.717, 1.165) is 12.0 Å². The summed E-state index contributed by atoms with van der Waals surface area (Å²) < 4.78 is 23.8. The predicted octanol–water partition coefficient (Wildman–Crippen LogP) is 2.31. The van der Waals surface area contributed by atoms with E-state index in [1.807, 2.05) is 0 Å². The molecule has 100 valence electrons. The van der Waals surface area contributed by atoms with E-state index >= 15 is 0 Å². The predicted molar refractivity (Wildman–Crippen MR) is 66.3 cm³/mol. The van der Waals surface area contributed by atoms with Crippen molar-refractivity contribution in [3.63, 3.8) is 0 Å². The van der Waals surface area contributed by atoms with Crippen molar-refractivity contribution in [3.8, 4) is 5.75 Å². The Bertz CT molecular complexity index is 398. The summed E-state index contributed by atoms with van der Waals surface area (Å²) in [6.07, 6.45) is 2.59. The SMILES string of the molecule is COc1ccc(CC2(O)CCCOCC2)cc1F. The van der Waals surface area contributed by atoms with Gasteiger partial charge in [-0.15, -0.1) is 0 Å². The summed E-state index contributed by atoms with van der Waals surface area (Å²) in [6, 6.07) is 4.83. The monoisotopic (exact) mass is 254 g/mol. The van der Waals surface area contributed by atoms with Crippen LogP contribution in [0.5, 0.6) is 5.75 Å². The Labute approximate surface area is 107 Å². The number of aliphatic hydroxyl groups is 1. The number of hydrogen-bond donors (Lipinski definition) is 1. The van der Waals surface area contributed by atoms with E-state index in [9.17, 15) is 9.50 Å². The zero-order valence-electron chi connectivity index (χ0n) is 10.6. The number of rotatable bonds is 3. The van der Waals surface area contributed by atoms with Gasteiger partial charge in [0.15, 0.2) is 11.6 Å². The molecule has 0 bridgehead atoms. The van der Waals surface area contributed by atoms with Crippen molar-refractivity contribution in [1.82, 2.24) is 0 Å². The molecule has 0 radical (unpaired) electrons. The molecule has 1 unspecified atom stereocenters. The number of hydrogen-bond acceptors (Lipinski definition) is 3. The van der Waals surface area contributed by atoms with E-state index < -0.39 is 5.60 Å². The molecule has 4 heteroatoms. The lowest BCUT2D eigenvalue weighted by molar-refractivity contribution is 0.0188. The van der Waals surface area contributed by atoms with Gasteiger partial charge in [-0.2, -0.15) is 0 Å². The lowest BCUT2D eigenvalue weighted by Gasteiger charge is -2.26. The number of halogens is 1. The molecule has 1 fully saturated rings. The molecular weight excluding hydrogens is 235 g/mol. The summed E-state index contributed by atoms with van der Waals surface area (Å²) >= 11 is 0. The molecular formula is C14H19FO3. The first kappa shape index (κ1) is 13.3. The third-order valence-corrected chi connectivity index (χ3v) is 3.39. The number of benzene rings is 1. The quantitative estimate of drug-likeness (QED) is 0.899. The average molecular weight is 254 g/mol. The maximum absolute atomic E-state index is 13.6. The van der Waals surface area contributed by atoms with Crippen LogP contribution in [0.1, 0.15) is 24.8 Å².